The van der Waals surface area contributed by atoms with E-state index < -0.39 is 10.0 Å². The number of alkyl halides is 1. The van der Waals surface area contributed by atoms with E-state index in [9.17, 15) is 8.42 Å². The highest BCUT2D eigenvalue weighted by Gasteiger charge is 2.29. The molecule has 0 amide bonds. The number of hydrogen-bond acceptors (Lipinski definition) is 3. The van der Waals surface area contributed by atoms with Crippen LogP contribution in [0, 0.1) is 5.41 Å². The number of hydrogen-bond donors (Lipinski definition) is 1. The Hall–Kier alpha value is -0.650. The van der Waals surface area contributed by atoms with Crippen LogP contribution >= 0.6 is 11.6 Å². The van der Waals surface area contributed by atoms with Gasteiger partial charge < -0.3 is 0 Å². The standard InChI is InChI=1S/C12H19ClN2O2S/c1-12(2,3)11(6-7-13)15-18(16,17)10-5-4-8-14-9-10/h4-5,8-9,11,15H,6-7H2,1-3H3. The number of nitrogens with zero attached hydrogens (tertiary/aromatic N) is 1. The minimum atomic E-state index is -3.54. The molecule has 0 bridgehead atoms. The third kappa shape index (κ3) is 4.23. The van der Waals surface area contributed by atoms with E-state index in [1.165, 1.54) is 12.3 Å². The van der Waals surface area contributed by atoms with Crippen molar-refractivity contribution < 1.29 is 8.42 Å². The molecule has 0 saturated carbocycles. The average molecular weight is 291 g/mol. The maximum atomic E-state index is 12.2. The average Bonchev–Trinajstić information content (AvgIpc) is 2.28. The van der Waals surface area contributed by atoms with Gasteiger partial charge in [-0.1, -0.05) is 20.8 Å². The molecular weight excluding hydrogens is 272 g/mol. The van der Waals surface area contributed by atoms with Gasteiger partial charge in [0.1, 0.15) is 4.90 Å². The minimum absolute atomic E-state index is 0.175. The lowest BCUT2D eigenvalue weighted by Gasteiger charge is -2.30. The van der Waals surface area contributed by atoms with E-state index >= 15 is 0 Å². The van der Waals surface area contributed by atoms with Crippen LogP contribution in [0.2, 0.25) is 0 Å². The van der Waals surface area contributed by atoms with Crippen LogP contribution in [0.4, 0.5) is 0 Å². The molecule has 0 spiro atoms. The van der Waals surface area contributed by atoms with Gasteiger partial charge in [0.05, 0.1) is 0 Å². The van der Waals surface area contributed by atoms with Gasteiger partial charge in [0.2, 0.25) is 10.0 Å². The molecule has 1 rings (SSSR count). The molecule has 102 valence electrons. The number of aromatic nitrogens is 1. The van der Waals surface area contributed by atoms with E-state index in [1.807, 2.05) is 20.8 Å². The maximum absolute atomic E-state index is 12.2. The number of sulfonamides is 1. The Kier molecular flexibility index (Phi) is 5.13. The van der Waals surface area contributed by atoms with Crippen molar-refractivity contribution >= 4 is 21.6 Å². The van der Waals surface area contributed by atoms with Gasteiger partial charge in [-0.05, 0) is 24.0 Å². The molecule has 6 heteroatoms. The predicted molar refractivity (Wildman–Crippen MR) is 73.1 cm³/mol. The van der Waals surface area contributed by atoms with Crippen molar-refractivity contribution in [3.8, 4) is 0 Å². The molecule has 1 aromatic heterocycles. The van der Waals surface area contributed by atoms with Crippen molar-refractivity contribution in [2.24, 2.45) is 5.41 Å². The Morgan fingerprint density at radius 2 is 2.11 bits per heavy atom. The summed E-state index contributed by atoms with van der Waals surface area (Å²) >= 11 is 5.73. The quantitative estimate of drug-likeness (QED) is 0.847. The summed E-state index contributed by atoms with van der Waals surface area (Å²) in [5.41, 5.74) is -0.190. The molecular formula is C12H19ClN2O2S. The molecule has 0 saturated heterocycles. The second-order valence-corrected chi connectivity index (χ2v) is 7.30. The second kappa shape index (κ2) is 5.99. The number of pyridine rings is 1. The van der Waals surface area contributed by atoms with Gasteiger partial charge in [-0.3, -0.25) is 4.98 Å². The summed E-state index contributed by atoms with van der Waals surface area (Å²) in [7, 11) is -3.54. The largest absolute Gasteiger partial charge is 0.263 e. The van der Waals surface area contributed by atoms with Crippen molar-refractivity contribution in [2.75, 3.05) is 5.88 Å². The third-order valence-electron chi connectivity index (χ3n) is 2.69. The summed E-state index contributed by atoms with van der Waals surface area (Å²) in [6.45, 7) is 5.95. The van der Waals surface area contributed by atoms with E-state index in [4.69, 9.17) is 11.6 Å². The highest BCUT2D eigenvalue weighted by molar-refractivity contribution is 7.89. The van der Waals surface area contributed by atoms with E-state index in [0.29, 0.717) is 12.3 Å². The molecule has 18 heavy (non-hydrogen) atoms. The summed E-state index contributed by atoms with van der Waals surface area (Å²) in [4.78, 5) is 4.00. The Morgan fingerprint density at radius 3 is 2.56 bits per heavy atom. The molecule has 1 heterocycles. The molecule has 0 aliphatic rings. The second-order valence-electron chi connectivity index (χ2n) is 5.21. The molecule has 1 N–H and O–H groups in total. The van der Waals surface area contributed by atoms with Crippen molar-refractivity contribution in [3.63, 3.8) is 0 Å². The van der Waals surface area contributed by atoms with Crippen LogP contribution < -0.4 is 4.72 Å². The first-order chi connectivity index (χ1) is 8.27. The summed E-state index contributed by atoms with van der Waals surface area (Å²) < 4.78 is 27.0. The number of nitrogens with one attached hydrogen (secondary N) is 1. The summed E-state index contributed by atoms with van der Waals surface area (Å²) in [5.74, 6) is 0.414. The van der Waals surface area contributed by atoms with Crippen molar-refractivity contribution in [1.29, 1.82) is 0 Å². The first-order valence-electron chi connectivity index (χ1n) is 5.75. The Bertz CT molecular complexity index is 469. The van der Waals surface area contributed by atoms with Gasteiger partial charge in [0, 0.05) is 24.3 Å². The third-order valence-corrected chi connectivity index (χ3v) is 4.36. The van der Waals surface area contributed by atoms with Crippen LogP contribution in [0.1, 0.15) is 27.2 Å². The summed E-state index contributed by atoms with van der Waals surface area (Å²) in [6, 6.07) is 2.91. The zero-order valence-electron chi connectivity index (χ0n) is 10.9. The molecule has 1 unspecified atom stereocenters. The topological polar surface area (TPSA) is 59.1 Å². The van der Waals surface area contributed by atoms with Crippen LogP contribution in [0.15, 0.2) is 29.4 Å². The molecule has 0 aliphatic carbocycles. The van der Waals surface area contributed by atoms with Crippen molar-refractivity contribution in [1.82, 2.24) is 9.71 Å². The highest BCUT2D eigenvalue weighted by Crippen LogP contribution is 2.24. The number of halogens is 1. The molecule has 4 nitrogen and oxygen atoms in total. The van der Waals surface area contributed by atoms with Crippen molar-refractivity contribution in [2.45, 2.75) is 38.1 Å². The zero-order valence-corrected chi connectivity index (χ0v) is 12.4. The van der Waals surface area contributed by atoms with Crippen LogP contribution in [0.3, 0.4) is 0 Å². The Balaban J connectivity index is 2.94. The summed E-state index contributed by atoms with van der Waals surface area (Å²) in [6.07, 6.45) is 3.46. The first kappa shape index (κ1) is 15.4. The molecule has 1 atom stereocenters. The minimum Gasteiger partial charge on any atom is -0.263 e. The van der Waals surface area contributed by atoms with Gasteiger partial charge in [-0.25, -0.2) is 13.1 Å². The Labute approximate surface area is 114 Å². The summed E-state index contributed by atoms with van der Waals surface area (Å²) in [5, 5.41) is 0. The molecule has 0 aromatic carbocycles. The fourth-order valence-electron chi connectivity index (χ4n) is 1.54. The van der Waals surface area contributed by atoms with Gasteiger partial charge >= 0.3 is 0 Å². The van der Waals surface area contributed by atoms with Crippen LogP contribution in [0.5, 0.6) is 0 Å². The van der Waals surface area contributed by atoms with Gasteiger partial charge in [0.15, 0.2) is 0 Å². The van der Waals surface area contributed by atoms with Gasteiger partial charge in [0.25, 0.3) is 0 Å². The number of rotatable bonds is 5. The van der Waals surface area contributed by atoms with Crippen LogP contribution in [-0.2, 0) is 10.0 Å². The lowest BCUT2D eigenvalue weighted by atomic mass is 9.86. The highest BCUT2D eigenvalue weighted by atomic mass is 35.5. The lowest BCUT2D eigenvalue weighted by Crippen LogP contribution is -2.43. The normalized spacial score (nSPS) is 14.4. The fourth-order valence-corrected chi connectivity index (χ4v) is 3.20. The fraction of sp³-hybridized carbons (Fsp3) is 0.583. The zero-order chi connectivity index (χ0) is 13.8. The monoisotopic (exact) mass is 290 g/mol. The van der Waals surface area contributed by atoms with Crippen LogP contribution in [-0.4, -0.2) is 25.3 Å². The lowest BCUT2D eigenvalue weighted by molar-refractivity contribution is 0.292. The molecule has 0 aliphatic heterocycles. The van der Waals surface area contributed by atoms with E-state index in [-0.39, 0.29) is 16.4 Å². The smallest absolute Gasteiger partial charge is 0.242 e. The predicted octanol–water partition coefficient (Wildman–Crippen LogP) is 2.40. The van der Waals surface area contributed by atoms with Gasteiger partial charge in [-0.15, -0.1) is 11.6 Å². The maximum Gasteiger partial charge on any atom is 0.242 e. The molecule has 0 radical (unpaired) electrons. The SMILES string of the molecule is CC(C)(C)C(CCCl)NS(=O)(=O)c1cccnc1. The Morgan fingerprint density at radius 1 is 1.44 bits per heavy atom. The van der Waals surface area contributed by atoms with E-state index in [1.54, 1.807) is 12.3 Å². The van der Waals surface area contributed by atoms with E-state index in [2.05, 4.69) is 9.71 Å². The van der Waals surface area contributed by atoms with Gasteiger partial charge in [-0.2, -0.15) is 0 Å². The van der Waals surface area contributed by atoms with Crippen LogP contribution in [0.25, 0.3) is 0 Å². The van der Waals surface area contributed by atoms with E-state index in [0.717, 1.165) is 0 Å². The first-order valence-corrected chi connectivity index (χ1v) is 7.77. The molecule has 0 fully saturated rings. The molecule has 1 aromatic rings. The van der Waals surface area contributed by atoms with Crippen molar-refractivity contribution in [3.05, 3.63) is 24.5 Å².